The molecule has 3 rings (SSSR count). The molecule has 0 N–H and O–H groups in total. The number of fused-ring (bicyclic) bond motifs is 1. The van der Waals surface area contributed by atoms with Crippen molar-refractivity contribution < 1.29 is 14.3 Å². The minimum atomic E-state index is -0.223. The van der Waals surface area contributed by atoms with Crippen LogP contribution in [-0.4, -0.2) is 66.5 Å². The highest BCUT2D eigenvalue weighted by atomic mass is 16.6. The van der Waals surface area contributed by atoms with Crippen LogP contribution in [0.3, 0.4) is 0 Å². The zero-order valence-corrected chi connectivity index (χ0v) is 15.7. The molecule has 0 radical (unpaired) electrons. The second-order valence-electron chi connectivity index (χ2n) is 6.28. The van der Waals surface area contributed by atoms with Crippen molar-refractivity contribution in [2.75, 3.05) is 50.9 Å². The van der Waals surface area contributed by atoms with Crippen LogP contribution in [0.4, 0.5) is 10.7 Å². The third kappa shape index (κ3) is 4.09. The van der Waals surface area contributed by atoms with E-state index in [4.69, 9.17) is 14.5 Å². The Morgan fingerprint density at radius 2 is 1.96 bits per heavy atom. The number of hydrogen-bond donors (Lipinski definition) is 0. The molecule has 0 bridgehead atoms. The molecule has 7 nitrogen and oxygen atoms in total. The van der Waals surface area contributed by atoms with Gasteiger partial charge in [-0.1, -0.05) is 12.1 Å². The van der Waals surface area contributed by atoms with E-state index in [0.717, 1.165) is 43.0 Å². The molecule has 2 heterocycles. The van der Waals surface area contributed by atoms with Gasteiger partial charge in [0.25, 0.3) is 0 Å². The summed E-state index contributed by atoms with van der Waals surface area (Å²) in [5.41, 5.74) is 2.11. The Balaban J connectivity index is 1.80. The summed E-state index contributed by atoms with van der Waals surface area (Å²) in [7, 11) is 0. The second-order valence-corrected chi connectivity index (χ2v) is 6.28. The number of benzene rings is 1. The van der Waals surface area contributed by atoms with Gasteiger partial charge in [0.15, 0.2) is 0 Å². The SMILES string of the molecule is CCOCCn1c(N2CCCN(C(=O)OCC)CC2)nc2ccccc21. The number of anilines is 1. The van der Waals surface area contributed by atoms with Crippen molar-refractivity contribution in [3.63, 3.8) is 0 Å². The van der Waals surface area contributed by atoms with Crippen molar-refractivity contribution in [2.45, 2.75) is 26.8 Å². The van der Waals surface area contributed by atoms with Crippen molar-refractivity contribution >= 4 is 23.1 Å². The molecule has 1 fully saturated rings. The summed E-state index contributed by atoms with van der Waals surface area (Å²) < 4.78 is 12.9. The summed E-state index contributed by atoms with van der Waals surface area (Å²) in [6.45, 7) is 9.36. The molecule has 1 aromatic heterocycles. The average molecular weight is 360 g/mol. The lowest BCUT2D eigenvalue weighted by Crippen LogP contribution is -2.36. The van der Waals surface area contributed by atoms with Crippen molar-refractivity contribution in [1.29, 1.82) is 0 Å². The van der Waals surface area contributed by atoms with E-state index in [1.54, 1.807) is 4.90 Å². The van der Waals surface area contributed by atoms with E-state index < -0.39 is 0 Å². The lowest BCUT2D eigenvalue weighted by molar-refractivity contribution is 0.110. The van der Waals surface area contributed by atoms with E-state index in [2.05, 4.69) is 15.5 Å². The number of rotatable bonds is 6. The van der Waals surface area contributed by atoms with Crippen molar-refractivity contribution in [2.24, 2.45) is 0 Å². The molecule has 0 saturated carbocycles. The standard InChI is InChI=1S/C19H28N4O3/c1-3-25-15-14-23-17-9-6-5-8-16(17)20-18(23)21-10-7-11-22(13-12-21)19(24)26-4-2/h5-6,8-9H,3-4,7,10-15H2,1-2H3. The maximum Gasteiger partial charge on any atom is 0.409 e. The lowest BCUT2D eigenvalue weighted by Gasteiger charge is -2.23. The van der Waals surface area contributed by atoms with Crippen LogP contribution in [0.25, 0.3) is 11.0 Å². The number of amides is 1. The summed E-state index contributed by atoms with van der Waals surface area (Å²) >= 11 is 0. The normalized spacial score (nSPS) is 15.3. The number of carbonyl (C=O) groups excluding carboxylic acids is 1. The van der Waals surface area contributed by atoms with Gasteiger partial charge in [0, 0.05) is 39.3 Å². The Hall–Kier alpha value is -2.28. The van der Waals surface area contributed by atoms with Crippen molar-refractivity contribution in [1.82, 2.24) is 14.5 Å². The maximum atomic E-state index is 12.0. The molecular formula is C19H28N4O3. The molecule has 1 aliphatic rings. The third-order valence-electron chi connectivity index (χ3n) is 4.60. The largest absolute Gasteiger partial charge is 0.450 e. The Kier molecular flexibility index (Phi) is 6.33. The van der Waals surface area contributed by atoms with Crippen molar-refractivity contribution in [3.8, 4) is 0 Å². The highest BCUT2D eigenvalue weighted by Gasteiger charge is 2.23. The summed E-state index contributed by atoms with van der Waals surface area (Å²) in [6.07, 6.45) is 0.673. The van der Waals surface area contributed by atoms with E-state index in [1.807, 2.05) is 32.0 Å². The third-order valence-corrected chi connectivity index (χ3v) is 4.60. The fourth-order valence-corrected chi connectivity index (χ4v) is 3.34. The molecule has 0 spiro atoms. The average Bonchev–Trinajstić information content (AvgIpc) is 2.84. The maximum absolute atomic E-state index is 12.0. The van der Waals surface area contributed by atoms with Gasteiger partial charge in [0.2, 0.25) is 5.95 Å². The molecule has 2 aromatic rings. The number of nitrogens with zero attached hydrogens (tertiary/aromatic N) is 4. The van der Waals surface area contributed by atoms with Gasteiger partial charge in [0.1, 0.15) is 0 Å². The van der Waals surface area contributed by atoms with Crippen LogP contribution >= 0.6 is 0 Å². The number of ether oxygens (including phenoxy) is 2. The van der Waals surface area contributed by atoms with Gasteiger partial charge in [0.05, 0.1) is 24.2 Å². The minimum Gasteiger partial charge on any atom is -0.450 e. The number of imidazole rings is 1. The monoisotopic (exact) mass is 360 g/mol. The highest BCUT2D eigenvalue weighted by Crippen LogP contribution is 2.23. The Morgan fingerprint density at radius 3 is 2.77 bits per heavy atom. The minimum absolute atomic E-state index is 0.223. The number of hydrogen-bond acceptors (Lipinski definition) is 5. The van der Waals surface area contributed by atoms with Crippen LogP contribution in [-0.2, 0) is 16.0 Å². The van der Waals surface area contributed by atoms with Crippen LogP contribution in [0.2, 0.25) is 0 Å². The first-order valence-corrected chi connectivity index (χ1v) is 9.44. The van der Waals surface area contributed by atoms with Gasteiger partial charge >= 0.3 is 6.09 Å². The predicted octanol–water partition coefficient (Wildman–Crippen LogP) is 2.74. The fraction of sp³-hybridized carbons (Fsp3) is 0.579. The number of carbonyl (C=O) groups is 1. The Bertz CT molecular complexity index is 731. The summed E-state index contributed by atoms with van der Waals surface area (Å²) in [4.78, 5) is 20.9. The Morgan fingerprint density at radius 1 is 1.12 bits per heavy atom. The molecule has 7 heteroatoms. The summed E-state index contributed by atoms with van der Waals surface area (Å²) in [6, 6.07) is 8.19. The van der Waals surface area contributed by atoms with E-state index in [1.165, 1.54) is 0 Å². The van der Waals surface area contributed by atoms with Crippen LogP contribution in [0.5, 0.6) is 0 Å². The smallest absolute Gasteiger partial charge is 0.409 e. The van der Waals surface area contributed by atoms with Gasteiger partial charge in [-0.05, 0) is 32.4 Å². The molecule has 26 heavy (non-hydrogen) atoms. The molecule has 0 unspecified atom stereocenters. The molecule has 1 aliphatic heterocycles. The molecule has 0 aliphatic carbocycles. The first kappa shape index (κ1) is 18.5. The van der Waals surface area contributed by atoms with Gasteiger partial charge in [-0.2, -0.15) is 0 Å². The zero-order valence-electron chi connectivity index (χ0n) is 15.7. The predicted molar refractivity (Wildman–Crippen MR) is 102 cm³/mol. The topological polar surface area (TPSA) is 59.8 Å². The van der Waals surface area contributed by atoms with E-state index in [0.29, 0.717) is 32.9 Å². The van der Waals surface area contributed by atoms with E-state index >= 15 is 0 Å². The van der Waals surface area contributed by atoms with Gasteiger partial charge in [-0.25, -0.2) is 9.78 Å². The number of aromatic nitrogens is 2. The molecule has 1 aromatic carbocycles. The first-order chi connectivity index (χ1) is 12.7. The van der Waals surface area contributed by atoms with Gasteiger partial charge in [-0.3, -0.25) is 0 Å². The van der Waals surface area contributed by atoms with Crippen LogP contribution in [0, 0.1) is 0 Å². The molecule has 1 saturated heterocycles. The van der Waals surface area contributed by atoms with E-state index in [-0.39, 0.29) is 6.09 Å². The van der Waals surface area contributed by atoms with Crippen molar-refractivity contribution in [3.05, 3.63) is 24.3 Å². The van der Waals surface area contributed by atoms with Crippen LogP contribution in [0.1, 0.15) is 20.3 Å². The molecular weight excluding hydrogens is 332 g/mol. The highest BCUT2D eigenvalue weighted by molar-refractivity contribution is 5.79. The van der Waals surface area contributed by atoms with Gasteiger partial charge < -0.3 is 23.8 Å². The first-order valence-electron chi connectivity index (χ1n) is 9.44. The lowest BCUT2D eigenvalue weighted by atomic mass is 10.3. The summed E-state index contributed by atoms with van der Waals surface area (Å²) in [5, 5.41) is 0. The van der Waals surface area contributed by atoms with E-state index in [9.17, 15) is 4.79 Å². The molecule has 1 amide bonds. The second kappa shape index (κ2) is 8.89. The summed E-state index contributed by atoms with van der Waals surface area (Å²) in [5.74, 6) is 0.955. The Labute approximate surface area is 154 Å². The number of para-hydroxylation sites is 2. The van der Waals surface area contributed by atoms with Crippen LogP contribution < -0.4 is 4.90 Å². The molecule has 0 atom stereocenters. The molecule has 142 valence electrons. The van der Waals surface area contributed by atoms with Crippen LogP contribution in [0.15, 0.2) is 24.3 Å². The fourth-order valence-electron chi connectivity index (χ4n) is 3.34. The zero-order chi connectivity index (χ0) is 18.4. The quantitative estimate of drug-likeness (QED) is 0.742. The van der Waals surface area contributed by atoms with Gasteiger partial charge in [-0.15, -0.1) is 0 Å².